The topological polar surface area (TPSA) is 68.5 Å². The Morgan fingerprint density at radius 2 is 1.85 bits per heavy atom. The Balaban J connectivity index is 1.85. The van der Waals surface area contributed by atoms with Gasteiger partial charge in [0.15, 0.2) is 14.6 Å². The number of aromatic nitrogens is 1. The molecule has 0 aliphatic rings. The number of fused-ring (bicyclic) bond motifs is 1. The fourth-order valence-corrected chi connectivity index (χ4v) is 5.14. The van der Waals surface area contributed by atoms with Gasteiger partial charge in [0.25, 0.3) is 0 Å². The molecule has 0 fully saturated rings. The van der Waals surface area contributed by atoms with Crippen molar-refractivity contribution in [2.45, 2.75) is 25.2 Å². The lowest BCUT2D eigenvalue weighted by Gasteiger charge is -2.02. The number of hydrogen-bond donors (Lipinski definition) is 0. The minimum absolute atomic E-state index is 0.135. The van der Waals surface area contributed by atoms with Gasteiger partial charge in [-0.15, -0.1) is 0 Å². The summed E-state index contributed by atoms with van der Waals surface area (Å²) >= 11 is 1.44. The predicted molar refractivity (Wildman–Crippen MR) is 104 cm³/mol. The van der Waals surface area contributed by atoms with E-state index in [2.05, 4.69) is 17.1 Å². The number of carbonyl (C=O) groups is 1. The molecule has 26 heavy (non-hydrogen) atoms. The molecule has 7 heteroatoms. The van der Waals surface area contributed by atoms with E-state index in [9.17, 15) is 13.2 Å². The van der Waals surface area contributed by atoms with E-state index in [1.807, 2.05) is 25.5 Å². The molecule has 136 valence electrons. The summed E-state index contributed by atoms with van der Waals surface area (Å²) in [6, 6.07) is 12.3. The van der Waals surface area contributed by atoms with Crippen molar-refractivity contribution >= 4 is 37.3 Å². The average molecular weight is 389 g/mol. The zero-order valence-corrected chi connectivity index (χ0v) is 16.5. The highest BCUT2D eigenvalue weighted by Gasteiger charge is 2.16. The first kappa shape index (κ1) is 18.5. The third kappa shape index (κ3) is 3.78. The fraction of sp³-hybridized carbons (Fsp3) is 0.263. The number of aryl methyl sites for hydroxylation is 3. The molecule has 0 N–H and O–H groups in total. The van der Waals surface area contributed by atoms with Crippen LogP contribution in [0.2, 0.25) is 0 Å². The second-order valence-electron chi connectivity index (χ2n) is 6.26. The molecule has 0 aliphatic heterocycles. The molecule has 3 aromatic rings. The number of hydrogen-bond acceptors (Lipinski definition) is 4. The van der Waals surface area contributed by atoms with Crippen LogP contribution >= 0.6 is 11.3 Å². The normalized spacial score (nSPS) is 12.7. The van der Waals surface area contributed by atoms with Gasteiger partial charge in [-0.25, -0.2) is 8.42 Å². The van der Waals surface area contributed by atoms with Gasteiger partial charge in [0.05, 0.1) is 20.9 Å². The van der Waals surface area contributed by atoms with Crippen molar-refractivity contribution < 1.29 is 13.2 Å². The van der Waals surface area contributed by atoms with Gasteiger partial charge in [-0.05, 0) is 43.2 Å². The molecule has 0 atom stereocenters. The highest BCUT2D eigenvalue weighted by Crippen LogP contribution is 2.22. The lowest BCUT2D eigenvalue weighted by Crippen LogP contribution is -2.15. The maximum absolute atomic E-state index is 12.3. The van der Waals surface area contributed by atoms with Gasteiger partial charge in [-0.1, -0.05) is 35.6 Å². The summed E-state index contributed by atoms with van der Waals surface area (Å²) in [6.45, 7) is 4.06. The summed E-state index contributed by atoms with van der Waals surface area (Å²) in [5.41, 5.74) is 3.31. The smallest absolute Gasteiger partial charge is 0.249 e. The number of rotatable bonds is 4. The van der Waals surface area contributed by atoms with Crippen LogP contribution in [-0.2, 0) is 21.7 Å². The van der Waals surface area contributed by atoms with E-state index in [1.165, 1.54) is 23.5 Å². The van der Waals surface area contributed by atoms with Gasteiger partial charge in [-0.3, -0.25) is 4.79 Å². The summed E-state index contributed by atoms with van der Waals surface area (Å²) in [7, 11) is -1.61. The van der Waals surface area contributed by atoms with Crippen molar-refractivity contribution in [2.24, 2.45) is 12.0 Å². The third-order valence-corrected chi connectivity index (χ3v) is 7.16. The molecule has 1 heterocycles. The van der Waals surface area contributed by atoms with Gasteiger partial charge >= 0.3 is 0 Å². The molecule has 0 saturated carbocycles. The molecule has 2 aromatic carbocycles. The summed E-state index contributed by atoms with van der Waals surface area (Å²) in [5.74, 6) is -0.674. The van der Waals surface area contributed by atoms with Gasteiger partial charge in [0.2, 0.25) is 5.91 Å². The molecule has 1 amide bonds. The summed E-state index contributed by atoms with van der Waals surface area (Å²) in [5, 5.41) is 0. The molecule has 0 unspecified atom stereocenters. The summed E-state index contributed by atoms with van der Waals surface area (Å²) in [6.07, 6.45) is -0.135. The standard InChI is InChI=1S/C19H20N2O3S2/c1-13-11-14(2)18-16(12-13)21(3)19(25-18)20-17(22)9-10-26(23,24)15-7-5-4-6-8-15/h4-8,11-12H,9-10H2,1-3H3. The van der Waals surface area contributed by atoms with E-state index in [0.717, 1.165) is 21.3 Å². The molecule has 0 bridgehead atoms. The highest BCUT2D eigenvalue weighted by atomic mass is 32.2. The second-order valence-corrected chi connectivity index (χ2v) is 9.35. The minimum Gasteiger partial charge on any atom is -0.319 e. The third-order valence-electron chi connectivity index (χ3n) is 4.15. The van der Waals surface area contributed by atoms with Crippen molar-refractivity contribution in [2.75, 3.05) is 5.75 Å². The zero-order valence-electron chi connectivity index (χ0n) is 14.9. The Hall–Kier alpha value is -2.25. The number of sulfone groups is 1. The largest absolute Gasteiger partial charge is 0.319 e. The molecular weight excluding hydrogens is 368 g/mol. The number of amides is 1. The molecular formula is C19H20N2O3S2. The Morgan fingerprint density at radius 3 is 2.54 bits per heavy atom. The molecule has 5 nitrogen and oxygen atoms in total. The Labute approximate surface area is 156 Å². The lowest BCUT2D eigenvalue weighted by atomic mass is 10.1. The minimum atomic E-state index is -3.48. The number of benzene rings is 2. The van der Waals surface area contributed by atoms with E-state index < -0.39 is 15.7 Å². The SMILES string of the molecule is Cc1cc(C)c2sc(=NC(=O)CCS(=O)(=O)c3ccccc3)n(C)c2c1. The van der Waals surface area contributed by atoms with Crippen LogP contribution in [0.25, 0.3) is 10.2 Å². The first-order valence-corrected chi connectivity index (χ1v) is 10.7. The average Bonchev–Trinajstić information content (AvgIpc) is 2.91. The monoisotopic (exact) mass is 388 g/mol. The Morgan fingerprint density at radius 1 is 1.15 bits per heavy atom. The van der Waals surface area contributed by atoms with Crippen LogP contribution in [0.15, 0.2) is 52.4 Å². The van der Waals surface area contributed by atoms with Crippen molar-refractivity contribution in [1.29, 1.82) is 0 Å². The van der Waals surface area contributed by atoms with Gasteiger partial charge in [0, 0.05) is 13.5 Å². The zero-order chi connectivity index (χ0) is 18.9. The van der Waals surface area contributed by atoms with E-state index in [-0.39, 0.29) is 17.1 Å². The lowest BCUT2D eigenvalue weighted by molar-refractivity contribution is -0.117. The van der Waals surface area contributed by atoms with E-state index in [1.54, 1.807) is 18.2 Å². The molecule has 0 spiro atoms. The molecule has 0 saturated heterocycles. The Kier molecular flexibility index (Phi) is 5.11. The molecule has 1 aromatic heterocycles. The van der Waals surface area contributed by atoms with Crippen molar-refractivity contribution in [1.82, 2.24) is 4.57 Å². The molecule has 3 rings (SSSR count). The van der Waals surface area contributed by atoms with E-state index in [0.29, 0.717) is 4.80 Å². The van der Waals surface area contributed by atoms with E-state index in [4.69, 9.17) is 0 Å². The van der Waals surface area contributed by atoms with Crippen LogP contribution in [0.5, 0.6) is 0 Å². The molecule has 0 aliphatic carbocycles. The van der Waals surface area contributed by atoms with Crippen LogP contribution in [0.3, 0.4) is 0 Å². The fourth-order valence-electron chi connectivity index (χ4n) is 2.80. The van der Waals surface area contributed by atoms with Crippen LogP contribution in [0.4, 0.5) is 0 Å². The quantitative estimate of drug-likeness (QED) is 0.689. The van der Waals surface area contributed by atoms with Gasteiger partial charge in [0.1, 0.15) is 0 Å². The maximum Gasteiger partial charge on any atom is 0.249 e. The number of carbonyl (C=O) groups excluding carboxylic acids is 1. The van der Waals surface area contributed by atoms with Crippen molar-refractivity contribution in [3.63, 3.8) is 0 Å². The highest BCUT2D eigenvalue weighted by molar-refractivity contribution is 7.91. The van der Waals surface area contributed by atoms with Crippen LogP contribution in [0, 0.1) is 13.8 Å². The predicted octanol–water partition coefficient (Wildman–Crippen LogP) is 3.15. The van der Waals surface area contributed by atoms with E-state index >= 15 is 0 Å². The van der Waals surface area contributed by atoms with Crippen LogP contribution in [-0.4, -0.2) is 24.6 Å². The number of nitrogens with zero attached hydrogens (tertiary/aromatic N) is 2. The van der Waals surface area contributed by atoms with Crippen LogP contribution in [0.1, 0.15) is 17.5 Å². The van der Waals surface area contributed by atoms with Crippen LogP contribution < -0.4 is 4.80 Å². The van der Waals surface area contributed by atoms with Gasteiger partial charge < -0.3 is 4.57 Å². The first-order valence-electron chi connectivity index (χ1n) is 8.20. The number of thiazole rings is 1. The first-order chi connectivity index (χ1) is 12.3. The molecule has 0 radical (unpaired) electrons. The van der Waals surface area contributed by atoms with Gasteiger partial charge in [-0.2, -0.15) is 4.99 Å². The maximum atomic E-state index is 12.3. The Bertz CT molecular complexity index is 1140. The second kappa shape index (κ2) is 7.17. The van der Waals surface area contributed by atoms with Crippen molar-refractivity contribution in [3.8, 4) is 0 Å². The summed E-state index contributed by atoms with van der Waals surface area (Å²) < 4.78 is 27.5. The summed E-state index contributed by atoms with van der Waals surface area (Å²) in [4.78, 5) is 17.2. The van der Waals surface area contributed by atoms with Crippen molar-refractivity contribution in [3.05, 3.63) is 58.4 Å².